The van der Waals surface area contributed by atoms with Crippen LogP contribution >= 0.6 is 0 Å². The van der Waals surface area contributed by atoms with E-state index in [1.165, 1.54) is 0 Å². The largest absolute Gasteiger partial charge is 0.497 e. The van der Waals surface area contributed by atoms with Crippen molar-refractivity contribution in [2.75, 3.05) is 13.7 Å². The van der Waals surface area contributed by atoms with Crippen molar-refractivity contribution in [3.05, 3.63) is 29.8 Å². The second-order valence-corrected chi connectivity index (χ2v) is 4.30. The maximum atomic E-state index is 9.71. The van der Waals surface area contributed by atoms with E-state index >= 15 is 0 Å². The molecule has 0 radical (unpaired) electrons. The molecule has 1 saturated heterocycles. The number of nitrogens with zero attached hydrogens (tertiary/aromatic N) is 1. The first-order valence-electron chi connectivity index (χ1n) is 5.56. The molecule has 0 bridgehead atoms. The maximum Gasteiger partial charge on any atom is 0.118 e. The Hall–Kier alpha value is -1.14. The van der Waals surface area contributed by atoms with Crippen molar-refractivity contribution in [3.8, 4) is 5.75 Å². The van der Waals surface area contributed by atoms with Gasteiger partial charge in [0.05, 0.1) is 31.9 Å². The van der Waals surface area contributed by atoms with Crippen molar-refractivity contribution in [1.82, 2.24) is 5.06 Å². The van der Waals surface area contributed by atoms with Crippen LogP contribution in [0.5, 0.6) is 5.75 Å². The number of benzene rings is 1. The number of methoxy groups -OCH3 is 1. The van der Waals surface area contributed by atoms with Crippen LogP contribution in [-0.2, 0) is 6.42 Å². The lowest BCUT2D eigenvalue weighted by Crippen LogP contribution is -2.36. The fraction of sp³-hybridized carbons (Fsp3) is 0.500. The van der Waals surface area contributed by atoms with Gasteiger partial charge in [0, 0.05) is 0 Å². The summed E-state index contributed by atoms with van der Waals surface area (Å²) in [5.74, 6) is 0.765. The highest BCUT2D eigenvalue weighted by atomic mass is 16.5. The molecular formula is C12H17NO4. The molecule has 1 heterocycles. The summed E-state index contributed by atoms with van der Waals surface area (Å²) >= 11 is 0. The van der Waals surface area contributed by atoms with Crippen molar-refractivity contribution < 1.29 is 20.2 Å². The van der Waals surface area contributed by atoms with Gasteiger partial charge in [0.1, 0.15) is 5.75 Å². The Labute approximate surface area is 99.8 Å². The summed E-state index contributed by atoms with van der Waals surface area (Å²) in [6.45, 7) is 0.0853. The van der Waals surface area contributed by atoms with E-state index in [2.05, 4.69) is 0 Å². The first-order chi connectivity index (χ1) is 8.11. The third-order valence-corrected chi connectivity index (χ3v) is 3.15. The molecule has 0 saturated carbocycles. The normalized spacial score (nSPS) is 29.5. The van der Waals surface area contributed by atoms with E-state index in [0.717, 1.165) is 16.4 Å². The molecule has 1 aromatic carbocycles. The molecule has 1 aliphatic heterocycles. The van der Waals surface area contributed by atoms with Gasteiger partial charge >= 0.3 is 0 Å². The fourth-order valence-electron chi connectivity index (χ4n) is 2.10. The van der Waals surface area contributed by atoms with Gasteiger partial charge in [0.2, 0.25) is 0 Å². The van der Waals surface area contributed by atoms with Crippen LogP contribution in [-0.4, -0.2) is 52.4 Å². The highest BCUT2D eigenvalue weighted by Gasteiger charge is 2.39. The average Bonchev–Trinajstić information content (AvgIpc) is 2.57. The van der Waals surface area contributed by atoms with Crippen LogP contribution in [0.1, 0.15) is 5.56 Å². The minimum atomic E-state index is -0.915. The minimum absolute atomic E-state index is 0.0853. The maximum absolute atomic E-state index is 9.71. The SMILES string of the molecule is COc1ccc(C[C@@H]2[C@H](O)[C@@H](O)CN2O)cc1. The molecule has 5 heteroatoms. The monoisotopic (exact) mass is 239 g/mol. The molecule has 1 aliphatic rings. The minimum Gasteiger partial charge on any atom is -0.497 e. The van der Waals surface area contributed by atoms with Gasteiger partial charge in [-0.2, -0.15) is 5.06 Å². The van der Waals surface area contributed by atoms with E-state index < -0.39 is 18.2 Å². The number of hydrogen-bond donors (Lipinski definition) is 3. The highest BCUT2D eigenvalue weighted by Crippen LogP contribution is 2.21. The van der Waals surface area contributed by atoms with Gasteiger partial charge in [-0.15, -0.1) is 0 Å². The quantitative estimate of drug-likeness (QED) is 0.694. The Morgan fingerprint density at radius 3 is 2.41 bits per heavy atom. The summed E-state index contributed by atoms with van der Waals surface area (Å²) < 4.78 is 5.05. The van der Waals surface area contributed by atoms with E-state index in [-0.39, 0.29) is 6.54 Å². The van der Waals surface area contributed by atoms with Crippen molar-refractivity contribution in [3.63, 3.8) is 0 Å². The van der Waals surface area contributed by atoms with Gasteiger partial charge in [-0.25, -0.2) is 0 Å². The second-order valence-electron chi connectivity index (χ2n) is 4.30. The van der Waals surface area contributed by atoms with Crippen LogP contribution in [0.15, 0.2) is 24.3 Å². The number of ether oxygens (including phenoxy) is 1. The zero-order valence-electron chi connectivity index (χ0n) is 9.65. The third kappa shape index (κ3) is 2.58. The summed E-state index contributed by atoms with van der Waals surface area (Å²) in [5.41, 5.74) is 0.975. The molecule has 0 amide bonds. The summed E-state index contributed by atoms with van der Waals surface area (Å²) in [7, 11) is 1.60. The predicted octanol–water partition coefficient (Wildman–Crippen LogP) is 0.0329. The van der Waals surface area contributed by atoms with Crippen LogP contribution in [0.25, 0.3) is 0 Å². The Morgan fingerprint density at radius 1 is 1.29 bits per heavy atom. The zero-order valence-corrected chi connectivity index (χ0v) is 9.65. The first kappa shape index (κ1) is 12.3. The average molecular weight is 239 g/mol. The van der Waals surface area contributed by atoms with Gasteiger partial charge in [-0.3, -0.25) is 0 Å². The lowest BCUT2D eigenvalue weighted by Gasteiger charge is -2.20. The van der Waals surface area contributed by atoms with Crippen LogP contribution < -0.4 is 4.74 Å². The van der Waals surface area contributed by atoms with E-state index in [4.69, 9.17) is 4.74 Å². The first-order valence-corrected chi connectivity index (χ1v) is 5.56. The van der Waals surface area contributed by atoms with E-state index in [1.807, 2.05) is 24.3 Å². The standard InChI is InChI=1S/C12H17NO4/c1-17-9-4-2-8(3-5-9)6-10-12(15)11(14)7-13(10)16/h2-5,10-12,14-16H,6-7H2,1H3/t10-,11+,12+/m1/s1. The summed E-state index contributed by atoms with van der Waals surface area (Å²) in [4.78, 5) is 0. The molecule has 17 heavy (non-hydrogen) atoms. The molecule has 0 spiro atoms. The molecule has 94 valence electrons. The number of β-amino-alcohol motifs (C(OH)–C–C–N with tert-alkyl or cyclic N) is 1. The molecule has 1 fully saturated rings. The molecule has 0 unspecified atom stereocenters. The zero-order chi connectivity index (χ0) is 12.4. The Bertz CT molecular complexity index is 367. The fourth-order valence-corrected chi connectivity index (χ4v) is 2.10. The number of hydroxylamine groups is 2. The van der Waals surface area contributed by atoms with Crippen molar-refractivity contribution >= 4 is 0 Å². The van der Waals surface area contributed by atoms with Crippen molar-refractivity contribution in [1.29, 1.82) is 0 Å². The van der Waals surface area contributed by atoms with E-state index in [0.29, 0.717) is 6.42 Å². The molecule has 1 aromatic rings. The Kier molecular flexibility index (Phi) is 3.63. The van der Waals surface area contributed by atoms with Gasteiger partial charge in [-0.1, -0.05) is 12.1 Å². The molecule has 0 aromatic heterocycles. The second kappa shape index (κ2) is 5.01. The summed E-state index contributed by atoms with van der Waals surface area (Å²) in [6.07, 6.45) is -1.32. The third-order valence-electron chi connectivity index (χ3n) is 3.15. The van der Waals surface area contributed by atoms with Crippen LogP contribution in [0.3, 0.4) is 0 Å². The van der Waals surface area contributed by atoms with Crippen LogP contribution in [0, 0.1) is 0 Å². The molecule has 0 aliphatic carbocycles. The van der Waals surface area contributed by atoms with Gasteiger partial charge in [0.25, 0.3) is 0 Å². The van der Waals surface area contributed by atoms with E-state index in [9.17, 15) is 15.4 Å². The molecule has 3 N–H and O–H groups in total. The van der Waals surface area contributed by atoms with Gasteiger partial charge in [-0.05, 0) is 24.1 Å². The Balaban J connectivity index is 2.04. The van der Waals surface area contributed by atoms with E-state index in [1.54, 1.807) is 7.11 Å². The van der Waals surface area contributed by atoms with Crippen LogP contribution in [0.4, 0.5) is 0 Å². The number of aliphatic hydroxyl groups is 2. The number of rotatable bonds is 3. The van der Waals surface area contributed by atoms with Gasteiger partial charge < -0.3 is 20.2 Å². The smallest absolute Gasteiger partial charge is 0.118 e. The predicted molar refractivity (Wildman–Crippen MR) is 61.0 cm³/mol. The lowest BCUT2D eigenvalue weighted by atomic mass is 10.0. The van der Waals surface area contributed by atoms with Crippen molar-refractivity contribution in [2.45, 2.75) is 24.7 Å². The summed E-state index contributed by atoms with van der Waals surface area (Å²) in [6, 6.07) is 6.95. The van der Waals surface area contributed by atoms with Gasteiger partial charge in [0.15, 0.2) is 0 Å². The summed E-state index contributed by atoms with van der Waals surface area (Å²) in [5, 5.41) is 29.7. The van der Waals surface area contributed by atoms with Crippen LogP contribution in [0.2, 0.25) is 0 Å². The lowest BCUT2D eigenvalue weighted by molar-refractivity contribution is -0.115. The molecule has 3 atom stereocenters. The van der Waals surface area contributed by atoms with Crippen molar-refractivity contribution in [2.24, 2.45) is 0 Å². The number of aliphatic hydroxyl groups excluding tert-OH is 2. The number of hydrogen-bond acceptors (Lipinski definition) is 5. The highest BCUT2D eigenvalue weighted by molar-refractivity contribution is 5.28. The topological polar surface area (TPSA) is 73.2 Å². The molecular weight excluding hydrogens is 222 g/mol. The Morgan fingerprint density at radius 2 is 1.94 bits per heavy atom. The molecule has 2 rings (SSSR count). The molecule has 5 nitrogen and oxygen atoms in total.